The topological polar surface area (TPSA) is 29.0 Å². The number of alkyl halides is 1. The first kappa shape index (κ1) is 12.2. The standard InChI is InChI=1S/C12H18IN3/c1-9-7-14-8-12(15-9)11-3-5-16(6-4-11)10(2)13/h7-8,10-11H,3-6H2,1-2H3. The highest BCUT2D eigenvalue weighted by Gasteiger charge is 2.23. The number of hydrogen-bond acceptors (Lipinski definition) is 3. The van der Waals surface area contributed by atoms with Crippen LogP contribution in [-0.4, -0.2) is 32.0 Å². The van der Waals surface area contributed by atoms with Crippen LogP contribution in [0.25, 0.3) is 0 Å². The number of aromatic nitrogens is 2. The van der Waals surface area contributed by atoms with Crippen molar-refractivity contribution in [2.24, 2.45) is 0 Å². The van der Waals surface area contributed by atoms with Gasteiger partial charge in [-0.3, -0.25) is 14.9 Å². The Kier molecular flexibility index (Phi) is 4.13. The fourth-order valence-electron chi connectivity index (χ4n) is 2.23. The van der Waals surface area contributed by atoms with Crippen molar-refractivity contribution >= 4 is 22.6 Å². The monoisotopic (exact) mass is 331 g/mol. The number of nitrogens with zero attached hydrogens (tertiary/aromatic N) is 3. The van der Waals surface area contributed by atoms with Crippen LogP contribution in [-0.2, 0) is 0 Å². The molecule has 1 saturated heterocycles. The van der Waals surface area contributed by atoms with Crippen LogP contribution in [0.1, 0.15) is 37.1 Å². The molecule has 1 unspecified atom stereocenters. The lowest BCUT2D eigenvalue weighted by molar-refractivity contribution is 0.212. The maximum Gasteiger partial charge on any atom is 0.0621 e. The lowest BCUT2D eigenvalue weighted by atomic mass is 9.94. The summed E-state index contributed by atoms with van der Waals surface area (Å²) in [7, 11) is 0. The normalized spacial score (nSPS) is 20.9. The summed E-state index contributed by atoms with van der Waals surface area (Å²) >= 11 is 2.49. The van der Waals surface area contributed by atoms with E-state index in [0.29, 0.717) is 9.97 Å². The number of piperidine rings is 1. The van der Waals surface area contributed by atoms with Gasteiger partial charge in [-0.25, -0.2) is 0 Å². The number of rotatable bonds is 2. The third-order valence-corrected chi connectivity index (χ3v) is 4.01. The zero-order valence-corrected chi connectivity index (χ0v) is 12.0. The molecule has 1 aromatic rings. The van der Waals surface area contributed by atoms with Crippen molar-refractivity contribution in [2.45, 2.75) is 36.7 Å². The van der Waals surface area contributed by atoms with Gasteiger partial charge in [0.15, 0.2) is 0 Å². The van der Waals surface area contributed by atoms with Gasteiger partial charge in [0, 0.05) is 18.3 Å². The lowest BCUT2D eigenvalue weighted by Gasteiger charge is -2.33. The van der Waals surface area contributed by atoms with Gasteiger partial charge in [0.2, 0.25) is 0 Å². The van der Waals surface area contributed by atoms with Crippen molar-refractivity contribution in [1.29, 1.82) is 0 Å². The van der Waals surface area contributed by atoms with E-state index in [2.05, 4.69) is 44.4 Å². The van der Waals surface area contributed by atoms with E-state index in [1.807, 2.05) is 19.3 Å². The maximum absolute atomic E-state index is 4.58. The molecular formula is C12H18IN3. The van der Waals surface area contributed by atoms with E-state index in [1.165, 1.54) is 31.6 Å². The van der Waals surface area contributed by atoms with Crippen LogP contribution in [0.15, 0.2) is 12.4 Å². The van der Waals surface area contributed by atoms with E-state index in [4.69, 9.17) is 0 Å². The predicted octanol–water partition coefficient (Wildman–Crippen LogP) is 2.75. The molecule has 0 radical (unpaired) electrons. The average molecular weight is 331 g/mol. The molecule has 16 heavy (non-hydrogen) atoms. The summed E-state index contributed by atoms with van der Waals surface area (Å²) in [5.41, 5.74) is 2.21. The Morgan fingerprint density at radius 2 is 2.06 bits per heavy atom. The molecule has 2 rings (SSSR count). The summed E-state index contributed by atoms with van der Waals surface area (Å²) in [6.45, 7) is 6.64. The highest BCUT2D eigenvalue weighted by Crippen LogP contribution is 2.28. The molecule has 0 spiro atoms. The second-order valence-corrected chi connectivity index (χ2v) is 6.27. The van der Waals surface area contributed by atoms with Gasteiger partial charge in [-0.05, 0) is 39.8 Å². The van der Waals surface area contributed by atoms with Gasteiger partial charge in [0.05, 0.1) is 15.4 Å². The van der Waals surface area contributed by atoms with E-state index in [9.17, 15) is 0 Å². The lowest BCUT2D eigenvalue weighted by Crippen LogP contribution is -2.36. The van der Waals surface area contributed by atoms with E-state index in [-0.39, 0.29) is 0 Å². The highest BCUT2D eigenvalue weighted by molar-refractivity contribution is 14.1. The smallest absolute Gasteiger partial charge is 0.0621 e. The van der Waals surface area contributed by atoms with Gasteiger partial charge < -0.3 is 0 Å². The molecule has 0 amide bonds. The van der Waals surface area contributed by atoms with E-state index in [0.717, 1.165) is 5.69 Å². The van der Waals surface area contributed by atoms with E-state index < -0.39 is 0 Å². The molecule has 1 atom stereocenters. The van der Waals surface area contributed by atoms with Crippen LogP contribution in [0, 0.1) is 6.92 Å². The minimum Gasteiger partial charge on any atom is -0.292 e. The molecule has 0 aromatic carbocycles. The van der Waals surface area contributed by atoms with Crippen LogP contribution < -0.4 is 0 Å². The van der Waals surface area contributed by atoms with Crippen LogP contribution in [0.2, 0.25) is 0 Å². The number of halogens is 1. The van der Waals surface area contributed by atoms with Gasteiger partial charge in [0.25, 0.3) is 0 Å². The summed E-state index contributed by atoms with van der Waals surface area (Å²) < 4.78 is 0.641. The third kappa shape index (κ3) is 2.91. The molecular weight excluding hydrogens is 313 g/mol. The zero-order chi connectivity index (χ0) is 11.5. The molecule has 2 heterocycles. The van der Waals surface area contributed by atoms with Crippen molar-refractivity contribution in [3.8, 4) is 0 Å². The quantitative estimate of drug-likeness (QED) is 0.474. The minimum atomic E-state index is 0.610. The van der Waals surface area contributed by atoms with Crippen LogP contribution >= 0.6 is 22.6 Å². The summed E-state index contributed by atoms with van der Waals surface area (Å²) in [4.78, 5) is 11.3. The largest absolute Gasteiger partial charge is 0.292 e. The molecule has 3 nitrogen and oxygen atoms in total. The first-order valence-corrected chi connectivity index (χ1v) is 7.08. The highest BCUT2D eigenvalue weighted by atomic mass is 127. The van der Waals surface area contributed by atoms with E-state index in [1.54, 1.807) is 0 Å². The Bertz CT molecular complexity index is 346. The summed E-state index contributed by atoms with van der Waals surface area (Å²) in [5, 5.41) is 0. The number of hydrogen-bond donors (Lipinski definition) is 0. The Morgan fingerprint density at radius 1 is 1.38 bits per heavy atom. The van der Waals surface area contributed by atoms with Crippen molar-refractivity contribution < 1.29 is 0 Å². The Balaban J connectivity index is 1.99. The van der Waals surface area contributed by atoms with Crippen molar-refractivity contribution in [2.75, 3.05) is 13.1 Å². The third-order valence-electron chi connectivity index (χ3n) is 3.22. The molecule has 1 aliphatic rings. The molecule has 4 heteroatoms. The Hall–Kier alpha value is -0.230. The first-order valence-electron chi connectivity index (χ1n) is 5.83. The van der Waals surface area contributed by atoms with Crippen LogP contribution in [0.4, 0.5) is 0 Å². The first-order chi connectivity index (χ1) is 7.66. The number of likely N-dealkylation sites (tertiary alicyclic amines) is 1. The SMILES string of the molecule is Cc1cncc(C2CCN(C(C)I)CC2)n1. The molecule has 0 N–H and O–H groups in total. The molecule has 1 aliphatic heterocycles. The van der Waals surface area contributed by atoms with Gasteiger partial charge in [-0.15, -0.1) is 0 Å². The van der Waals surface area contributed by atoms with Crippen LogP contribution in [0.5, 0.6) is 0 Å². The second kappa shape index (κ2) is 5.40. The van der Waals surface area contributed by atoms with Gasteiger partial charge in [-0.2, -0.15) is 0 Å². The van der Waals surface area contributed by atoms with Crippen molar-refractivity contribution in [3.05, 3.63) is 23.8 Å². The average Bonchev–Trinajstić information content (AvgIpc) is 2.29. The summed E-state index contributed by atoms with van der Waals surface area (Å²) in [6, 6.07) is 0. The Morgan fingerprint density at radius 3 is 2.62 bits per heavy atom. The van der Waals surface area contributed by atoms with Gasteiger partial charge in [-0.1, -0.05) is 22.6 Å². The minimum absolute atomic E-state index is 0.610. The Labute approximate surface area is 111 Å². The maximum atomic E-state index is 4.58. The van der Waals surface area contributed by atoms with Crippen molar-refractivity contribution in [3.63, 3.8) is 0 Å². The molecule has 1 aromatic heterocycles. The van der Waals surface area contributed by atoms with Gasteiger partial charge >= 0.3 is 0 Å². The molecule has 0 saturated carbocycles. The molecule has 88 valence electrons. The summed E-state index contributed by atoms with van der Waals surface area (Å²) in [5.74, 6) is 0.610. The zero-order valence-electron chi connectivity index (χ0n) is 9.86. The molecule has 0 aliphatic carbocycles. The molecule has 1 fully saturated rings. The molecule has 0 bridgehead atoms. The predicted molar refractivity (Wildman–Crippen MR) is 73.8 cm³/mol. The summed E-state index contributed by atoms with van der Waals surface area (Å²) in [6.07, 6.45) is 6.18. The van der Waals surface area contributed by atoms with E-state index >= 15 is 0 Å². The second-order valence-electron chi connectivity index (χ2n) is 4.47. The fraction of sp³-hybridized carbons (Fsp3) is 0.667. The van der Waals surface area contributed by atoms with Gasteiger partial charge in [0.1, 0.15) is 0 Å². The number of aryl methyl sites for hydroxylation is 1. The van der Waals surface area contributed by atoms with Crippen molar-refractivity contribution in [1.82, 2.24) is 14.9 Å². The van der Waals surface area contributed by atoms with Crippen LogP contribution in [0.3, 0.4) is 0 Å². The fourth-order valence-corrected chi connectivity index (χ4v) is 2.79.